The summed E-state index contributed by atoms with van der Waals surface area (Å²) in [4.78, 5) is 12.6. The maximum atomic E-state index is 10.7. The lowest BCUT2D eigenvalue weighted by Gasteiger charge is -2.29. The van der Waals surface area contributed by atoms with Gasteiger partial charge >= 0.3 is 5.97 Å². The van der Waals surface area contributed by atoms with Gasteiger partial charge in [-0.05, 0) is 41.9 Å². The van der Waals surface area contributed by atoms with Gasteiger partial charge in [0.15, 0.2) is 0 Å². The average Bonchev–Trinajstić information content (AvgIpc) is 2.28. The highest BCUT2D eigenvalue weighted by Gasteiger charge is 2.17. The molecule has 0 spiro atoms. The van der Waals surface area contributed by atoms with E-state index in [1.54, 1.807) is 6.07 Å². The molecule has 4 nitrogen and oxygen atoms in total. The lowest BCUT2D eigenvalue weighted by Crippen LogP contribution is -2.33. The lowest BCUT2D eigenvalue weighted by molar-refractivity contribution is -0.136. The van der Waals surface area contributed by atoms with E-state index in [1.165, 1.54) is 0 Å². The molecule has 1 aromatic carbocycles. The Kier molecular flexibility index (Phi) is 5.17. The molecule has 0 amide bonds. The van der Waals surface area contributed by atoms with Gasteiger partial charge < -0.3 is 10.0 Å². The maximum Gasteiger partial charge on any atom is 0.305 e. The van der Waals surface area contributed by atoms with Gasteiger partial charge in [-0.25, -0.2) is 0 Å². The molecule has 1 N–H and O–H groups in total. The van der Waals surface area contributed by atoms with Gasteiger partial charge in [-0.1, -0.05) is 6.07 Å². The van der Waals surface area contributed by atoms with Crippen molar-refractivity contribution in [2.75, 3.05) is 11.4 Å². The quantitative estimate of drug-likeness (QED) is 0.908. The monoisotopic (exact) mass is 310 g/mol. The second kappa shape index (κ2) is 6.41. The summed E-state index contributed by atoms with van der Waals surface area (Å²) in [7, 11) is 0. The number of aliphatic carboxylic acids is 1. The van der Waals surface area contributed by atoms with E-state index >= 15 is 0 Å². The highest BCUT2D eigenvalue weighted by atomic mass is 79.9. The fourth-order valence-electron chi connectivity index (χ4n) is 1.74. The minimum Gasteiger partial charge on any atom is -0.481 e. The van der Waals surface area contributed by atoms with Crippen LogP contribution in [-0.4, -0.2) is 23.7 Å². The first-order chi connectivity index (χ1) is 8.47. The summed E-state index contributed by atoms with van der Waals surface area (Å²) in [5, 5.41) is 18.0. The number of rotatable bonds is 5. The van der Waals surface area contributed by atoms with Gasteiger partial charge in [0.1, 0.15) is 6.07 Å². The number of carboxylic acid groups (broad SMARTS) is 1. The minimum absolute atomic E-state index is 0.0512. The van der Waals surface area contributed by atoms with Crippen molar-refractivity contribution in [3.05, 3.63) is 28.2 Å². The Bertz CT molecular complexity index is 480. The van der Waals surface area contributed by atoms with Gasteiger partial charge in [0.25, 0.3) is 0 Å². The van der Waals surface area contributed by atoms with Crippen LogP contribution in [0.2, 0.25) is 0 Å². The second-order valence-corrected chi connectivity index (χ2v) is 5.03. The lowest BCUT2D eigenvalue weighted by atomic mass is 10.1. The molecule has 0 aliphatic heterocycles. The Balaban J connectivity index is 3.10. The Labute approximate surface area is 115 Å². The van der Waals surface area contributed by atoms with Crippen molar-refractivity contribution in [3.63, 3.8) is 0 Å². The number of nitriles is 1. The summed E-state index contributed by atoms with van der Waals surface area (Å²) in [5.74, 6) is -0.839. The number of carbonyl (C=O) groups is 1. The number of hydrogen-bond acceptors (Lipinski definition) is 3. The van der Waals surface area contributed by atoms with Crippen molar-refractivity contribution in [2.45, 2.75) is 26.3 Å². The van der Waals surface area contributed by atoms with Gasteiger partial charge in [0, 0.05) is 17.1 Å². The van der Waals surface area contributed by atoms with Gasteiger partial charge in [-0.3, -0.25) is 4.79 Å². The van der Waals surface area contributed by atoms with Crippen molar-refractivity contribution in [1.82, 2.24) is 0 Å². The summed E-state index contributed by atoms with van der Waals surface area (Å²) >= 11 is 3.34. The number of carboxylic acids is 1. The molecule has 0 atom stereocenters. The molecule has 0 unspecified atom stereocenters. The van der Waals surface area contributed by atoms with Crippen LogP contribution in [0.15, 0.2) is 22.7 Å². The molecule has 0 aromatic heterocycles. The van der Waals surface area contributed by atoms with Crippen molar-refractivity contribution in [2.24, 2.45) is 0 Å². The number of benzene rings is 1. The largest absolute Gasteiger partial charge is 0.481 e. The van der Waals surface area contributed by atoms with E-state index in [-0.39, 0.29) is 12.5 Å². The van der Waals surface area contributed by atoms with Gasteiger partial charge in [0.2, 0.25) is 0 Å². The first-order valence-corrected chi connectivity index (χ1v) is 6.43. The maximum absolute atomic E-state index is 10.7. The van der Waals surface area contributed by atoms with E-state index in [0.29, 0.717) is 12.1 Å². The fraction of sp³-hybridized carbons (Fsp3) is 0.385. The number of anilines is 1. The summed E-state index contributed by atoms with van der Waals surface area (Å²) in [5.41, 5.74) is 1.31. The predicted octanol–water partition coefficient (Wildman–Crippen LogP) is 3.01. The van der Waals surface area contributed by atoms with E-state index in [1.807, 2.05) is 30.9 Å². The number of hydrogen-bond donors (Lipinski definition) is 1. The molecule has 5 heteroatoms. The van der Waals surface area contributed by atoms with Crippen LogP contribution < -0.4 is 4.90 Å². The third kappa shape index (κ3) is 3.47. The summed E-state index contributed by atoms with van der Waals surface area (Å²) in [6, 6.07) is 7.77. The number of nitrogens with zero attached hydrogens (tertiary/aromatic N) is 2. The molecule has 18 heavy (non-hydrogen) atoms. The zero-order valence-corrected chi connectivity index (χ0v) is 11.9. The normalized spacial score (nSPS) is 10.2. The van der Waals surface area contributed by atoms with E-state index in [9.17, 15) is 10.1 Å². The third-order valence-electron chi connectivity index (χ3n) is 2.60. The SMILES string of the molecule is CC(C)N(CCC(=O)O)c1cccc(Br)c1C#N. The smallest absolute Gasteiger partial charge is 0.305 e. The first-order valence-electron chi connectivity index (χ1n) is 5.64. The summed E-state index contributed by atoms with van der Waals surface area (Å²) in [6.07, 6.45) is 0.0512. The molecule has 0 aliphatic carbocycles. The highest BCUT2D eigenvalue weighted by molar-refractivity contribution is 9.10. The Morgan fingerprint density at radius 3 is 2.72 bits per heavy atom. The molecule has 96 valence electrons. The Morgan fingerprint density at radius 1 is 1.56 bits per heavy atom. The van der Waals surface area contributed by atoms with Crippen LogP contribution in [-0.2, 0) is 4.79 Å². The van der Waals surface area contributed by atoms with Crippen molar-refractivity contribution < 1.29 is 9.90 Å². The van der Waals surface area contributed by atoms with Crippen molar-refractivity contribution in [3.8, 4) is 6.07 Å². The zero-order valence-electron chi connectivity index (χ0n) is 10.4. The minimum atomic E-state index is -0.839. The van der Waals surface area contributed by atoms with Crippen LogP contribution in [0, 0.1) is 11.3 Å². The van der Waals surface area contributed by atoms with Crippen LogP contribution in [0.5, 0.6) is 0 Å². The van der Waals surface area contributed by atoms with Gasteiger partial charge in [-0.2, -0.15) is 5.26 Å². The Morgan fingerprint density at radius 2 is 2.22 bits per heavy atom. The second-order valence-electron chi connectivity index (χ2n) is 4.18. The molecule has 0 fully saturated rings. The molecule has 0 saturated carbocycles. The van der Waals surface area contributed by atoms with Crippen molar-refractivity contribution >= 4 is 27.6 Å². The van der Waals surface area contributed by atoms with Crippen LogP contribution in [0.25, 0.3) is 0 Å². The molecular formula is C13H15BrN2O2. The molecule has 1 aromatic rings. The predicted molar refractivity (Wildman–Crippen MR) is 73.6 cm³/mol. The third-order valence-corrected chi connectivity index (χ3v) is 3.26. The molecule has 0 saturated heterocycles. The first kappa shape index (κ1) is 14.5. The molecule has 0 heterocycles. The van der Waals surface area contributed by atoms with E-state index in [2.05, 4.69) is 22.0 Å². The van der Waals surface area contributed by atoms with Crippen LogP contribution >= 0.6 is 15.9 Å². The molecule has 0 bridgehead atoms. The standard InChI is InChI=1S/C13H15BrN2O2/c1-9(2)16(7-6-13(17)18)12-5-3-4-11(14)10(12)8-15/h3-5,9H,6-7H2,1-2H3,(H,17,18). The summed E-state index contributed by atoms with van der Waals surface area (Å²) in [6.45, 7) is 4.34. The average molecular weight is 311 g/mol. The van der Waals surface area contributed by atoms with Gasteiger partial charge in [-0.15, -0.1) is 0 Å². The van der Waals surface area contributed by atoms with Crippen LogP contribution in [0.3, 0.4) is 0 Å². The topological polar surface area (TPSA) is 64.3 Å². The van der Waals surface area contributed by atoms with E-state index in [4.69, 9.17) is 5.11 Å². The van der Waals surface area contributed by atoms with E-state index < -0.39 is 5.97 Å². The molecule has 1 rings (SSSR count). The number of halogens is 1. The molecular weight excluding hydrogens is 296 g/mol. The Hall–Kier alpha value is -1.54. The van der Waals surface area contributed by atoms with Crippen LogP contribution in [0.4, 0.5) is 5.69 Å². The summed E-state index contributed by atoms with van der Waals surface area (Å²) < 4.78 is 0.725. The van der Waals surface area contributed by atoms with Crippen LogP contribution in [0.1, 0.15) is 25.8 Å². The fourth-order valence-corrected chi connectivity index (χ4v) is 2.18. The molecule has 0 aliphatic rings. The van der Waals surface area contributed by atoms with E-state index in [0.717, 1.165) is 10.2 Å². The molecule has 0 radical (unpaired) electrons. The van der Waals surface area contributed by atoms with Gasteiger partial charge in [0.05, 0.1) is 17.7 Å². The zero-order chi connectivity index (χ0) is 13.7. The highest BCUT2D eigenvalue weighted by Crippen LogP contribution is 2.28. The van der Waals surface area contributed by atoms with Crippen molar-refractivity contribution in [1.29, 1.82) is 5.26 Å².